The van der Waals surface area contributed by atoms with Gasteiger partial charge in [0.1, 0.15) is 0 Å². The summed E-state index contributed by atoms with van der Waals surface area (Å²) in [6.07, 6.45) is 5.65. The Hall–Kier alpha value is -2.05. The highest BCUT2D eigenvalue weighted by atomic mass is 16.5. The fourth-order valence-electron chi connectivity index (χ4n) is 4.95. The number of carbonyl (C=O) groups is 1. The number of rotatable bonds is 5. The van der Waals surface area contributed by atoms with Gasteiger partial charge in [-0.25, -0.2) is 0 Å². The number of fused-ring (bicyclic) bond motifs is 1. The van der Waals surface area contributed by atoms with Crippen molar-refractivity contribution >= 4 is 16.9 Å². The Kier molecular flexibility index (Phi) is 5.60. The molecule has 6 heteroatoms. The zero-order chi connectivity index (χ0) is 19.6. The van der Waals surface area contributed by atoms with E-state index in [1.54, 1.807) is 14.2 Å². The van der Waals surface area contributed by atoms with Gasteiger partial charge in [0.25, 0.3) is 5.91 Å². The fourth-order valence-corrected chi connectivity index (χ4v) is 4.95. The molecule has 1 spiro atoms. The van der Waals surface area contributed by atoms with E-state index in [9.17, 15) is 4.79 Å². The summed E-state index contributed by atoms with van der Waals surface area (Å²) in [5, 5.41) is 0.899. The topological polar surface area (TPSA) is 55.2 Å². The lowest BCUT2D eigenvalue weighted by molar-refractivity contribution is 0.0677. The molecular formula is C22H30N2O4. The lowest BCUT2D eigenvalue weighted by Gasteiger charge is -2.38. The molecule has 0 radical (unpaired) electrons. The van der Waals surface area contributed by atoms with Crippen molar-refractivity contribution in [1.29, 1.82) is 0 Å². The minimum atomic E-state index is -0.0169. The smallest absolute Gasteiger partial charge is 0.289 e. The lowest BCUT2D eigenvalue weighted by Crippen LogP contribution is -2.46. The van der Waals surface area contributed by atoms with Crippen LogP contribution in [0.1, 0.15) is 42.7 Å². The van der Waals surface area contributed by atoms with Crippen LogP contribution in [0.4, 0.5) is 0 Å². The van der Waals surface area contributed by atoms with Crippen molar-refractivity contribution < 1.29 is 18.7 Å². The highest BCUT2D eigenvalue weighted by Gasteiger charge is 2.42. The molecule has 0 bridgehead atoms. The van der Waals surface area contributed by atoms with E-state index in [0.717, 1.165) is 57.4 Å². The zero-order valence-corrected chi connectivity index (χ0v) is 16.9. The Balaban J connectivity index is 1.49. The van der Waals surface area contributed by atoms with Gasteiger partial charge in [0.05, 0.1) is 13.7 Å². The van der Waals surface area contributed by atoms with Gasteiger partial charge >= 0.3 is 0 Å². The van der Waals surface area contributed by atoms with Crippen molar-refractivity contribution in [2.24, 2.45) is 0 Å². The number of methoxy groups -OCH3 is 2. The zero-order valence-electron chi connectivity index (χ0n) is 16.9. The first-order valence-corrected chi connectivity index (χ1v) is 10.3. The van der Waals surface area contributed by atoms with Gasteiger partial charge in [-0.05, 0) is 50.8 Å². The van der Waals surface area contributed by atoms with Crippen molar-refractivity contribution in [1.82, 2.24) is 9.80 Å². The molecule has 1 aromatic carbocycles. The Morgan fingerprint density at radius 2 is 1.96 bits per heavy atom. The number of likely N-dealkylation sites (tertiary alicyclic amines) is 2. The second-order valence-corrected chi connectivity index (χ2v) is 7.94. The highest BCUT2D eigenvalue weighted by Crippen LogP contribution is 2.38. The van der Waals surface area contributed by atoms with Crippen LogP contribution in [0, 0.1) is 0 Å². The van der Waals surface area contributed by atoms with Crippen molar-refractivity contribution in [2.45, 2.75) is 37.6 Å². The molecule has 2 aliphatic heterocycles. The lowest BCUT2D eigenvalue weighted by atomic mass is 9.88. The monoisotopic (exact) mass is 386 g/mol. The van der Waals surface area contributed by atoms with E-state index in [2.05, 4.69) is 4.90 Å². The maximum atomic E-state index is 13.1. The molecule has 0 N–H and O–H groups in total. The number of amides is 1. The van der Waals surface area contributed by atoms with Gasteiger partial charge in [-0.1, -0.05) is 12.1 Å². The molecule has 3 heterocycles. The number of hydrogen-bond acceptors (Lipinski definition) is 5. The van der Waals surface area contributed by atoms with Gasteiger partial charge in [0.2, 0.25) is 0 Å². The number of furan rings is 1. The van der Waals surface area contributed by atoms with Crippen molar-refractivity contribution in [3.8, 4) is 5.75 Å². The molecule has 2 fully saturated rings. The van der Waals surface area contributed by atoms with E-state index in [1.807, 2.05) is 29.2 Å². The van der Waals surface area contributed by atoms with Crippen LogP contribution in [0.5, 0.6) is 5.75 Å². The Morgan fingerprint density at radius 3 is 2.75 bits per heavy atom. The molecule has 6 nitrogen and oxygen atoms in total. The summed E-state index contributed by atoms with van der Waals surface area (Å²) in [7, 11) is 3.38. The molecule has 0 saturated carbocycles. The molecule has 0 aliphatic carbocycles. The van der Waals surface area contributed by atoms with Gasteiger partial charge in [0, 0.05) is 37.7 Å². The number of benzene rings is 1. The van der Waals surface area contributed by atoms with Crippen LogP contribution >= 0.6 is 0 Å². The first kappa shape index (κ1) is 19.3. The molecule has 4 rings (SSSR count). The minimum Gasteiger partial charge on any atom is -0.493 e. The van der Waals surface area contributed by atoms with Crippen LogP contribution in [-0.4, -0.2) is 68.3 Å². The molecule has 152 valence electrons. The van der Waals surface area contributed by atoms with Gasteiger partial charge in [-0.15, -0.1) is 0 Å². The van der Waals surface area contributed by atoms with Crippen molar-refractivity contribution in [3.05, 3.63) is 30.0 Å². The number of hydrogen-bond donors (Lipinski definition) is 0. The Bertz CT molecular complexity index is 833. The van der Waals surface area contributed by atoms with E-state index >= 15 is 0 Å². The molecule has 0 unspecified atom stereocenters. The third-order valence-electron chi connectivity index (χ3n) is 6.45. The quantitative estimate of drug-likeness (QED) is 0.787. The summed E-state index contributed by atoms with van der Waals surface area (Å²) in [5.74, 6) is 1.04. The van der Waals surface area contributed by atoms with Gasteiger partial charge in [-0.3, -0.25) is 9.69 Å². The van der Waals surface area contributed by atoms with Crippen molar-refractivity contribution in [3.63, 3.8) is 0 Å². The van der Waals surface area contributed by atoms with Crippen LogP contribution in [-0.2, 0) is 4.74 Å². The van der Waals surface area contributed by atoms with E-state index in [1.165, 1.54) is 12.8 Å². The normalized spacial score (nSPS) is 23.4. The summed E-state index contributed by atoms with van der Waals surface area (Å²) >= 11 is 0. The maximum absolute atomic E-state index is 13.1. The van der Waals surface area contributed by atoms with E-state index in [0.29, 0.717) is 17.1 Å². The van der Waals surface area contributed by atoms with Crippen LogP contribution in [0.25, 0.3) is 11.0 Å². The molecule has 2 aromatic rings. The minimum absolute atomic E-state index is 0.0169. The van der Waals surface area contributed by atoms with E-state index < -0.39 is 0 Å². The molecular weight excluding hydrogens is 356 g/mol. The van der Waals surface area contributed by atoms with Gasteiger partial charge in [-0.2, -0.15) is 0 Å². The summed E-state index contributed by atoms with van der Waals surface area (Å²) < 4.78 is 16.6. The number of nitrogens with zero attached hydrogens (tertiary/aromatic N) is 2. The highest BCUT2D eigenvalue weighted by molar-refractivity contribution is 5.97. The second-order valence-electron chi connectivity index (χ2n) is 7.94. The molecule has 2 aliphatic rings. The Morgan fingerprint density at radius 1 is 1.14 bits per heavy atom. The fraction of sp³-hybridized carbons (Fsp3) is 0.591. The van der Waals surface area contributed by atoms with Gasteiger partial charge in [0.15, 0.2) is 17.1 Å². The SMILES string of the molecule is COCCN1CCC[C@@]12CCCN(C(=O)c1cc3cccc(OC)c3o1)CC2. The third kappa shape index (κ3) is 3.51. The summed E-state index contributed by atoms with van der Waals surface area (Å²) in [6, 6.07) is 7.54. The van der Waals surface area contributed by atoms with E-state index in [4.69, 9.17) is 13.9 Å². The molecule has 1 amide bonds. The van der Waals surface area contributed by atoms with Crippen LogP contribution in [0.2, 0.25) is 0 Å². The Labute approximate surface area is 166 Å². The standard InChI is InChI=1S/C22H30N2O4/c1-26-15-14-24-12-5-9-22(24)8-4-11-23(13-10-22)21(25)19-16-17-6-3-7-18(27-2)20(17)28-19/h3,6-7,16H,4-5,8-15H2,1-2H3/t22-/m1/s1. The average molecular weight is 386 g/mol. The largest absolute Gasteiger partial charge is 0.493 e. The average Bonchev–Trinajstić information content (AvgIpc) is 3.25. The first-order valence-electron chi connectivity index (χ1n) is 10.3. The number of para-hydroxylation sites is 1. The summed E-state index contributed by atoms with van der Waals surface area (Å²) in [6.45, 7) is 4.45. The molecule has 28 heavy (non-hydrogen) atoms. The van der Waals surface area contributed by atoms with Crippen molar-refractivity contribution in [2.75, 3.05) is 47.0 Å². The van der Waals surface area contributed by atoms with Crippen LogP contribution in [0.15, 0.2) is 28.7 Å². The first-order chi connectivity index (χ1) is 13.7. The second kappa shape index (κ2) is 8.13. The molecule has 1 aromatic heterocycles. The number of carbonyl (C=O) groups excluding carboxylic acids is 1. The predicted molar refractivity (Wildman–Crippen MR) is 108 cm³/mol. The van der Waals surface area contributed by atoms with Gasteiger partial charge < -0.3 is 18.8 Å². The summed E-state index contributed by atoms with van der Waals surface area (Å²) in [5.41, 5.74) is 0.867. The predicted octanol–water partition coefficient (Wildman–Crippen LogP) is 3.55. The third-order valence-corrected chi connectivity index (χ3v) is 6.45. The van der Waals surface area contributed by atoms with Crippen LogP contribution < -0.4 is 4.74 Å². The number of ether oxygens (including phenoxy) is 2. The molecule has 2 saturated heterocycles. The molecule has 1 atom stereocenters. The maximum Gasteiger partial charge on any atom is 0.289 e. The van der Waals surface area contributed by atoms with Crippen LogP contribution in [0.3, 0.4) is 0 Å². The van der Waals surface area contributed by atoms with E-state index in [-0.39, 0.29) is 11.4 Å². The summed E-state index contributed by atoms with van der Waals surface area (Å²) in [4.78, 5) is 17.7.